The monoisotopic (exact) mass is 304 g/mol. The molecule has 0 aliphatic rings. The average molecular weight is 305 g/mol. The molecule has 2 aromatic carbocycles. The summed E-state index contributed by atoms with van der Waals surface area (Å²) in [6, 6.07) is 12.3. The van der Waals surface area contributed by atoms with E-state index >= 15 is 0 Å². The van der Waals surface area contributed by atoms with E-state index in [2.05, 4.69) is 10.6 Å². The Hall–Kier alpha value is -2.20. The highest BCUT2D eigenvalue weighted by molar-refractivity contribution is 6.31. The highest BCUT2D eigenvalue weighted by Gasteiger charge is 2.06. The van der Waals surface area contributed by atoms with Crippen LogP contribution in [0.1, 0.15) is 12.5 Å². The predicted molar refractivity (Wildman–Crippen MR) is 86.4 cm³/mol. The van der Waals surface area contributed by atoms with Gasteiger partial charge in [0.2, 0.25) is 0 Å². The molecule has 2 rings (SSSR count). The van der Waals surface area contributed by atoms with E-state index in [1.807, 2.05) is 26.0 Å². The van der Waals surface area contributed by atoms with Gasteiger partial charge in [-0.05, 0) is 55.8 Å². The molecule has 0 saturated heterocycles. The van der Waals surface area contributed by atoms with Crippen LogP contribution in [0.3, 0.4) is 0 Å². The maximum Gasteiger partial charge on any atom is 0.323 e. The SMILES string of the molecule is CCOc1ccc(NC(=O)Nc2cccc(Cl)c2C)cc1. The summed E-state index contributed by atoms with van der Waals surface area (Å²) in [7, 11) is 0. The van der Waals surface area contributed by atoms with E-state index in [0.29, 0.717) is 23.0 Å². The molecule has 2 N–H and O–H groups in total. The van der Waals surface area contributed by atoms with Gasteiger partial charge >= 0.3 is 6.03 Å². The van der Waals surface area contributed by atoms with Crippen LogP contribution in [0, 0.1) is 6.92 Å². The molecule has 0 aliphatic heterocycles. The number of benzene rings is 2. The van der Waals surface area contributed by atoms with Crippen LogP contribution in [0.5, 0.6) is 5.75 Å². The summed E-state index contributed by atoms with van der Waals surface area (Å²) in [6.45, 7) is 4.39. The third-order valence-corrected chi connectivity index (χ3v) is 3.35. The second-order valence-corrected chi connectivity index (χ2v) is 4.86. The highest BCUT2D eigenvalue weighted by atomic mass is 35.5. The third kappa shape index (κ3) is 4.13. The van der Waals surface area contributed by atoms with Gasteiger partial charge in [-0.3, -0.25) is 0 Å². The fourth-order valence-corrected chi connectivity index (χ4v) is 2.00. The van der Waals surface area contributed by atoms with Crippen LogP contribution in [0.2, 0.25) is 5.02 Å². The number of halogens is 1. The van der Waals surface area contributed by atoms with Crippen LogP contribution in [0.4, 0.5) is 16.2 Å². The lowest BCUT2D eigenvalue weighted by Crippen LogP contribution is -2.19. The average Bonchev–Trinajstić information content (AvgIpc) is 2.46. The molecule has 2 amide bonds. The summed E-state index contributed by atoms with van der Waals surface area (Å²) in [5.74, 6) is 0.772. The molecule has 0 atom stereocenters. The van der Waals surface area contributed by atoms with Crippen LogP contribution in [-0.2, 0) is 0 Å². The molecule has 0 aromatic heterocycles. The minimum atomic E-state index is -0.315. The van der Waals surface area contributed by atoms with E-state index in [4.69, 9.17) is 16.3 Å². The zero-order valence-corrected chi connectivity index (χ0v) is 12.7. The second-order valence-electron chi connectivity index (χ2n) is 4.45. The number of rotatable bonds is 4. The molecule has 0 unspecified atom stereocenters. The summed E-state index contributed by atoms with van der Waals surface area (Å²) in [5, 5.41) is 6.15. The molecule has 0 radical (unpaired) electrons. The number of hydrogen-bond donors (Lipinski definition) is 2. The minimum absolute atomic E-state index is 0.315. The van der Waals surface area contributed by atoms with Gasteiger partial charge in [0.05, 0.1) is 6.61 Å². The lowest BCUT2D eigenvalue weighted by molar-refractivity contribution is 0.262. The molecule has 0 spiro atoms. The third-order valence-electron chi connectivity index (χ3n) is 2.94. The number of carbonyl (C=O) groups excluding carboxylic acids is 1. The number of ether oxygens (including phenoxy) is 1. The van der Waals surface area contributed by atoms with Crippen molar-refractivity contribution in [2.45, 2.75) is 13.8 Å². The van der Waals surface area contributed by atoms with E-state index in [9.17, 15) is 4.79 Å². The number of anilines is 2. The lowest BCUT2D eigenvalue weighted by atomic mass is 10.2. The fourth-order valence-electron chi connectivity index (χ4n) is 1.83. The number of urea groups is 1. The number of nitrogens with one attached hydrogen (secondary N) is 2. The molecule has 0 heterocycles. The first-order valence-electron chi connectivity index (χ1n) is 6.66. The Balaban J connectivity index is 1.99. The molecule has 5 heteroatoms. The van der Waals surface area contributed by atoms with E-state index in [-0.39, 0.29) is 6.03 Å². The van der Waals surface area contributed by atoms with Crippen molar-refractivity contribution in [1.82, 2.24) is 0 Å². The van der Waals surface area contributed by atoms with Crippen LogP contribution in [-0.4, -0.2) is 12.6 Å². The Morgan fingerprint density at radius 1 is 1.14 bits per heavy atom. The Bertz CT molecular complexity index is 627. The maximum absolute atomic E-state index is 12.0. The number of carbonyl (C=O) groups is 1. The van der Waals surface area contributed by atoms with Gasteiger partial charge in [-0.15, -0.1) is 0 Å². The fraction of sp³-hybridized carbons (Fsp3) is 0.188. The molecule has 21 heavy (non-hydrogen) atoms. The Morgan fingerprint density at radius 3 is 2.52 bits per heavy atom. The van der Waals surface area contributed by atoms with Crippen LogP contribution in [0.15, 0.2) is 42.5 Å². The smallest absolute Gasteiger partial charge is 0.323 e. The normalized spacial score (nSPS) is 10.0. The first-order valence-corrected chi connectivity index (χ1v) is 7.04. The van der Waals surface area contributed by atoms with Gasteiger partial charge in [-0.1, -0.05) is 17.7 Å². The highest BCUT2D eigenvalue weighted by Crippen LogP contribution is 2.23. The molecule has 4 nitrogen and oxygen atoms in total. The van der Waals surface area contributed by atoms with Gasteiger partial charge < -0.3 is 15.4 Å². The standard InChI is InChI=1S/C16H17ClN2O2/c1-3-21-13-9-7-12(8-10-13)18-16(20)19-15-6-4-5-14(17)11(15)2/h4-10H,3H2,1-2H3,(H2,18,19,20). The molecular formula is C16H17ClN2O2. The lowest BCUT2D eigenvalue weighted by Gasteiger charge is -2.11. The molecule has 110 valence electrons. The van der Waals surface area contributed by atoms with Gasteiger partial charge in [-0.25, -0.2) is 4.79 Å². The van der Waals surface area contributed by atoms with Gasteiger partial charge in [0.1, 0.15) is 5.75 Å². The van der Waals surface area contributed by atoms with E-state index in [0.717, 1.165) is 11.3 Å². The van der Waals surface area contributed by atoms with Crippen molar-refractivity contribution >= 4 is 29.0 Å². The molecule has 0 bridgehead atoms. The summed E-state index contributed by atoms with van der Waals surface area (Å²) >= 11 is 6.02. The van der Waals surface area contributed by atoms with Crippen molar-refractivity contribution in [2.75, 3.05) is 17.2 Å². The van der Waals surface area contributed by atoms with E-state index in [1.165, 1.54) is 0 Å². The molecule has 2 aromatic rings. The predicted octanol–water partition coefficient (Wildman–Crippen LogP) is 4.69. The van der Waals surface area contributed by atoms with Crippen molar-refractivity contribution in [2.24, 2.45) is 0 Å². The summed E-state index contributed by atoms with van der Waals surface area (Å²) in [6.07, 6.45) is 0. The molecule has 0 aliphatic carbocycles. The Labute approximate surface area is 129 Å². The van der Waals surface area contributed by atoms with Crippen molar-refractivity contribution in [3.05, 3.63) is 53.1 Å². The number of hydrogen-bond acceptors (Lipinski definition) is 2. The van der Waals surface area contributed by atoms with Crippen LogP contribution in [0.25, 0.3) is 0 Å². The molecular weight excluding hydrogens is 288 g/mol. The van der Waals surface area contributed by atoms with Crippen molar-refractivity contribution in [3.63, 3.8) is 0 Å². The Kier molecular flexibility index (Phi) is 5.06. The molecule has 0 fully saturated rings. The van der Waals surface area contributed by atoms with Crippen molar-refractivity contribution in [1.29, 1.82) is 0 Å². The minimum Gasteiger partial charge on any atom is -0.494 e. The van der Waals surface area contributed by atoms with E-state index < -0.39 is 0 Å². The maximum atomic E-state index is 12.0. The summed E-state index contributed by atoms with van der Waals surface area (Å²) < 4.78 is 5.35. The van der Waals surface area contributed by atoms with Crippen LogP contribution >= 0.6 is 11.6 Å². The van der Waals surface area contributed by atoms with Gasteiger partial charge in [0.25, 0.3) is 0 Å². The molecule has 0 saturated carbocycles. The first-order chi connectivity index (χ1) is 10.1. The van der Waals surface area contributed by atoms with Gasteiger partial charge in [-0.2, -0.15) is 0 Å². The van der Waals surface area contributed by atoms with Gasteiger partial charge in [0, 0.05) is 16.4 Å². The summed E-state index contributed by atoms with van der Waals surface area (Å²) in [4.78, 5) is 12.0. The van der Waals surface area contributed by atoms with E-state index in [1.54, 1.807) is 30.3 Å². The topological polar surface area (TPSA) is 50.4 Å². The first kappa shape index (κ1) is 15.2. The largest absolute Gasteiger partial charge is 0.494 e. The summed E-state index contributed by atoms with van der Waals surface area (Å²) in [5.41, 5.74) is 2.21. The zero-order chi connectivity index (χ0) is 15.2. The number of amides is 2. The van der Waals surface area contributed by atoms with Crippen molar-refractivity contribution in [3.8, 4) is 5.75 Å². The van der Waals surface area contributed by atoms with Crippen molar-refractivity contribution < 1.29 is 9.53 Å². The van der Waals surface area contributed by atoms with Gasteiger partial charge in [0.15, 0.2) is 0 Å². The van der Waals surface area contributed by atoms with Crippen LogP contribution < -0.4 is 15.4 Å². The Morgan fingerprint density at radius 2 is 1.86 bits per heavy atom. The second kappa shape index (κ2) is 6.99. The quantitative estimate of drug-likeness (QED) is 0.861. The zero-order valence-electron chi connectivity index (χ0n) is 11.9.